The summed E-state index contributed by atoms with van der Waals surface area (Å²) in [6.45, 7) is 8.38. The van der Waals surface area contributed by atoms with Gasteiger partial charge in [-0.3, -0.25) is 28.4 Å². The minimum absolute atomic E-state index is 0.0436. The lowest BCUT2D eigenvalue weighted by atomic mass is 9.85. The maximum Gasteiger partial charge on any atom is 0.416 e. The number of rotatable bonds is 19. The minimum atomic E-state index is -4.46. The van der Waals surface area contributed by atoms with Crippen molar-refractivity contribution in [1.29, 1.82) is 0 Å². The summed E-state index contributed by atoms with van der Waals surface area (Å²) in [6.07, 6.45) is -3.49. The molecular weight excluding hydrogens is 906 g/mol. The monoisotopic (exact) mass is 960 g/mol. The number of nitrogens with zero attached hydrogens (tertiary/aromatic N) is 5. The predicted molar refractivity (Wildman–Crippen MR) is 249 cm³/mol. The molecule has 20 heteroatoms. The van der Waals surface area contributed by atoms with Crippen LogP contribution in [0.5, 0.6) is 0 Å². The van der Waals surface area contributed by atoms with E-state index >= 15 is 0 Å². The third-order valence-corrected chi connectivity index (χ3v) is 12.5. The van der Waals surface area contributed by atoms with Crippen LogP contribution < -0.4 is 16.0 Å². The highest BCUT2D eigenvalue weighted by molar-refractivity contribution is 7.13. The number of aromatic nitrogens is 4. The second kappa shape index (κ2) is 21.4. The first-order valence-corrected chi connectivity index (χ1v) is 23.0. The lowest BCUT2D eigenvalue weighted by Crippen LogP contribution is -2.58. The summed E-state index contributed by atoms with van der Waals surface area (Å²) in [6, 6.07) is 15.8. The average Bonchev–Trinajstić information content (AvgIpc) is 4.08. The van der Waals surface area contributed by atoms with E-state index in [-0.39, 0.29) is 71.6 Å². The quantitative estimate of drug-likeness (QED) is 0.0749. The molecule has 68 heavy (non-hydrogen) atoms. The molecule has 3 aromatic heterocycles. The van der Waals surface area contributed by atoms with Crippen molar-refractivity contribution >= 4 is 56.9 Å². The van der Waals surface area contributed by atoms with Gasteiger partial charge in [0, 0.05) is 61.3 Å². The van der Waals surface area contributed by atoms with Crippen LogP contribution in [0, 0.1) is 12.3 Å². The van der Waals surface area contributed by atoms with Gasteiger partial charge < -0.3 is 40.2 Å². The SMILES string of the molecule is Cc1ncsc1-c1ccc(CNC(=O)[C@@H]2C[C@@H](O)CN2C(=O)[C@@H](NC(=O)COCCOCCOCCNC(=O)c2ccc3c(c2)c2cn(C)nc2n3-c2ccc(C(F)(F)F)cc2)C(C)(C)C)cc1. The van der Waals surface area contributed by atoms with Crippen molar-refractivity contribution in [2.24, 2.45) is 12.5 Å². The maximum absolute atomic E-state index is 13.9. The molecule has 0 unspecified atom stereocenters. The van der Waals surface area contributed by atoms with Crippen LogP contribution in [-0.4, -0.2) is 124 Å². The first-order valence-electron chi connectivity index (χ1n) is 22.1. The number of benzene rings is 3. The number of aryl methyl sites for hydroxylation is 2. The normalized spacial score (nSPS) is 15.8. The summed E-state index contributed by atoms with van der Waals surface area (Å²) in [7, 11) is 1.74. The molecule has 0 spiro atoms. The first-order chi connectivity index (χ1) is 32.4. The highest BCUT2D eigenvalue weighted by atomic mass is 32.1. The Morgan fingerprint density at radius 3 is 2.25 bits per heavy atom. The minimum Gasteiger partial charge on any atom is -0.391 e. The first kappa shape index (κ1) is 49.7. The molecular formula is C48H55F3N8O8S. The Morgan fingerprint density at radius 2 is 1.59 bits per heavy atom. The average molecular weight is 961 g/mol. The van der Waals surface area contributed by atoms with Gasteiger partial charge in [0.05, 0.1) is 66.3 Å². The van der Waals surface area contributed by atoms with Crippen molar-refractivity contribution < 1.29 is 51.7 Å². The number of amides is 4. The molecule has 3 atom stereocenters. The van der Waals surface area contributed by atoms with Gasteiger partial charge in [0.15, 0.2) is 5.65 Å². The van der Waals surface area contributed by atoms with Crippen molar-refractivity contribution in [1.82, 2.24) is 40.2 Å². The molecule has 362 valence electrons. The number of carbonyl (C=O) groups excluding carboxylic acids is 4. The number of alkyl halides is 3. The van der Waals surface area contributed by atoms with Crippen molar-refractivity contribution in [3.8, 4) is 16.1 Å². The van der Waals surface area contributed by atoms with Crippen LogP contribution in [0.4, 0.5) is 13.2 Å². The Kier molecular flexibility index (Phi) is 15.6. The van der Waals surface area contributed by atoms with E-state index in [1.54, 1.807) is 78.3 Å². The van der Waals surface area contributed by atoms with Crippen LogP contribution in [-0.2, 0) is 48.4 Å². The number of ether oxygens (including phenoxy) is 3. The van der Waals surface area contributed by atoms with Gasteiger partial charge in [0.25, 0.3) is 5.91 Å². The summed E-state index contributed by atoms with van der Waals surface area (Å²) in [5.41, 5.74) is 5.29. The zero-order valence-electron chi connectivity index (χ0n) is 38.4. The van der Waals surface area contributed by atoms with Gasteiger partial charge in [-0.2, -0.15) is 18.3 Å². The number of thiazole rings is 1. The van der Waals surface area contributed by atoms with E-state index in [4.69, 9.17) is 14.2 Å². The molecule has 0 aliphatic carbocycles. The standard InChI is InChI=1S/C48H55F3N8O8S/c1-29-41(68-28-54-29)31-8-6-30(7-9-31)24-53-45(63)39-23-35(60)25-58(39)46(64)42(47(2,3)4)55-40(61)27-67-21-20-66-19-18-65-17-16-52-44(62)32-10-15-38-36(22-32)37-26-57(5)56-43(37)59(38)34-13-11-33(12-14-34)48(49,50)51/h6-15,22,26,28,35,39,42,60H,16-21,23-25,27H2,1-5H3,(H,52,62)(H,53,63)(H,55,61)/t35-,39+,42-/m1/s1. The number of hydrogen-bond acceptors (Lipinski definition) is 11. The molecule has 0 radical (unpaired) electrons. The molecule has 0 bridgehead atoms. The Labute approximate surface area is 394 Å². The molecule has 4 N–H and O–H groups in total. The van der Waals surface area contributed by atoms with Crippen LogP contribution in [0.2, 0.25) is 0 Å². The zero-order valence-corrected chi connectivity index (χ0v) is 39.2. The summed E-state index contributed by atoms with van der Waals surface area (Å²) < 4.78 is 59.6. The highest BCUT2D eigenvalue weighted by Crippen LogP contribution is 2.35. The molecule has 7 rings (SSSR count). The number of carbonyl (C=O) groups is 4. The van der Waals surface area contributed by atoms with Crippen LogP contribution in [0.25, 0.3) is 38.1 Å². The summed E-state index contributed by atoms with van der Waals surface area (Å²) >= 11 is 1.56. The molecule has 1 saturated heterocycles. The number of aliphatic hydroxyl groups excluding tert-OH is 1. The molecule has 16 nitrogen and oxygen atoms in total. The second-order valence-electron chi connectivity index (χ2n) is 17.6. The molecule has 3 aromatic carbocycles. The van der Waals surface area contributed by atoms with E-state index in [0.717, 1.165) is 44.6 Å². The molecule has 4 heterocycles. The van der Waals surface area contributed by atoms with Crippen molar-refractivity contribution in [3.05, 3.63) is 101 Å². The summed E-state index contributed by atoms with van der Waals surface area (Å²) in [4.78, 5) is 60.1. The number of hydrogen-bond donors (Lipinski definition) is 4. The van der Waals surface area contributed by atoms with E-state index in [1.165, 1.54) is 17.0 Å². The van der Waals surface area contributed by atoms with Gasteiger partial charge >= 0.3 is 6.18 Å². The van der Waals surface area contributed by atoms with Gasteiger partial charge in [0.2, 0.25) is 17.7 Å². The van der Waals surface area contributed by atoms with Crippen LogP contribution >= 0.6 is 11.3 Å². The largest absolute Gasteiger partial charge is 0.416 e. The van der Waals surface area contributed by atoms with Crippen LogP contribution in [0.15, 0.2) is 78.4 Å². The Morgan fingerprint density at radius 1 is 0.897 bits per heavy atom. The Bertz CT molecular complexity index is 2730. The highest BCUT2D eigenvalue weighted by Gasteiger charge is 2.44. The van der Waals surface area contributed by atoms with E-state index in [2.05, 4.69) is 26.0 Å². The fourth-order valence-electron chi connectivity index (χ4n) is 8.02. The lowest BCUT2D eigenvalue weighted by molar-refractivity contribution is -0.144. The fraction of sp³-hybridized carbons (Fsp3) is 0.417. The van der Waals surface area contributed by atoms with E-state index < -0.39 is 53.1 Å². The molecule has 0 saturated carbocycles. The Balaban J connectivity index is 0.792. The number of β-amino-alcohol motifs (C(OH)–C–C–N with tert-alkyl or cyclic N) is 1. The number of fused-ring (bicyclic) bond motifs is 3. The predicted octanol–water partition coefficient (Wildman–Crippen LogP) is 5.56. The van der Waals surface area contributed by atoms with Gasteiger partial charge in [-0.1, -0.05) is 45.0 Å². The van der Waals surface area contributed by atoms with Crippen molar-refractivity contribution in [3.63, 3.8) is 0 Å². The van der Waals surface area contributed by atoms with Crippen molar-refractivity contribution in [2.45, 2.75) is 65.0 Å². The van der Waals surface area contributed by atoms with E-state index in [0.29, 0.717) is 22.4 Å². The molecule has 1 fully saturated rings. The lowest BCUT2D eigenvalue weighted by Gasteiger charge is -2.35. The van der Waals surface area contributed by atoms with Gasteiger partial charge in [-0.05, 0) is 65.9 Å². The molecule has 6 aromatic rings. The van der Waals surface area contributed by atoms with E-state index in [1.807, 2.05) is 31.2 Å². The van der Waals surface area contributed by atoms with Crippen molar-refractivity contribution in [2.75, 3.05) is 52.7 Å². The van der Waals surface area contributed by atoms with Gasteiger partial charge in [-0.25, -0.2) is 4.98 Å². The smallest absolute Gasteiger partial charge is 0.391 e. The number of likely N-dealkylation sites (tertiary alicyclic amines) is 1. The van der Waals surface area contributed by atoms with Gasteiger partial charge in [-0.15, -0.1) is 11.3 Å². The van der Waals surface area contributed by atoms with Gasteiger partial charge in [0.1, 0.15) is 18.7 Å². The fourth-order valence-corrected chi connectivity index (χ4v) is 8.83. The summed E-state index contributed by atoms with van der Waals surface area (Å²) in [5, 5.41) is 25.0. The second-order valence-corrected chi connectivity index (χ2v) is 18.5. The third-order valence-electron chi connectivity index (χ3n) is 11.5. The summed E-state index contributed by atoms with van der Waals surface area (Å²) in [5.74, 6) is -1.73. The topological polar surface area (TPSA) is 191 Å². The molecule has 4 amide bonds. The Hall–Kier alpha value is -6.19. The third kappa shape index (κ3) is 11.9. The molecule has 1 aliphatic heterocycles. The van der Waals surface area contributed by atoms with Crippen LogP contribution in [0.1, 0.15) is 54.4 Å². The molecule has 1 aliphatic rings. The number of nitrogens with one attached hydrogen (secondary N) is 3. The number of halogens is 3. The number of aliphatic hydroxyl groups is 1. The maximum atomic E-state index is 13.9. The van der Waals surface area contributed by atoms with Crippen LogP contribution in [0.3, 0.4) is 0 Å². The van der Waals surface area contributed by atoms with E-state index in [9.17, 15) is 37.5 Å². The zero-order chi connectivity index (χ0) is 48.8.